The lowest BCUT2D eigenvalue weighted by atomic mass is 10.2. The van der Waals surface area contributed by atoms with E-state index < -0.39 is 0 Å². The summed E-state index contributed by atoms with van der Waals surface area (Å²) in [5.41, 5.74) is 4.35. The minimum Gasteiger partial charge on any atom is -0.293 e. The van der Waals surface area contributed by atoms with Gasteiger partial charge in [0.2, 0.25) is 0 Å². The molecule has 4 rings (SSSR count). The van der Waals surface area contributed by atoms with Crippen LogP contribution < -0.4 is 0 Å². The van der Waals surface area contributed by atoms with Crippen LogP contribution in [0, 0.1) is 0 Å². The van der Waals surface area contributed by atoms with Crippen LogP contribution in [0.2, 0.25) is 0 Å². The largest absolute Gasteiger partial charge is 0.293 e. The molecular weight excluding hydrogens is 360 g/mol. The van der Waals surface area contributed by atoms with Gasteiger partial charge in [0, 0.05) is 10.2 Å². The highest BCUT2D eigenvalue weighted by Gasteiger charge is 2.09. The molecule has 4 aromatic rings. The van der Waals surface area contributed by atoms with Crippen LogP contribution in [-0.4, -0.2) is 9.55 Å². The van der Waals surface area contributed by atoms with E-state index in [1.54, 1.807) is 0 Å². The minimum atomic E-state index is 0.919. The zero-order valence-electron chi connectivity index (χ0n) is 12.9. The molecular formula is C21H15BrN2. The van der Waals surface area contributed by atoms with Crippen molar-refractivity contribution in [2.24, 2.45) is 0 Å². The van der Waals surface area contributed by atoms with Gasteiger partial charge >= 0.3 is 0 Å². The molecule has 1 heterocycles. The summed E-state index contributed by atoms with van der Waals surface area (Å²) in [5, 5.41) is 0. The van der Waals surface area contributed by atoms with Crippen molar-refractivity contribution in [3.63, 3.8) is 0 Å². The Morgan fingerprint density at radius 3 is 2.25 bits per heavy atom. The Labute approximate surface area is 149 Å². The van der Waals surface area contributed by atoms with E-state index in [1.165, 1.54) is 0 Å². The molecule has 0 N–H and O–H groups in total. The summed E-state index contributed by atoms with van der Waals surface area (Å²) in [7, 11) is 0. The smallest absolute Gasteiger partial charge is 0.138 e. The van der Waals surface area contributed by atoms with Gasteiger partial charge in [-0.3, -0.25) is 4.57 Å². The highest BCUT2D eigenvalue weighted by molar-refractivity contribution is 9.10. The second-order valence-electron chi connectivity index (χ2n) is 5.51. The van der Waals surface area contributed by atoms with Crippen molar-refractivity contribution >= 4 is 39.1 Å². The van der Waals surface area contributed by atoms with Crippen molar-refractivity contribution in [3.05, 3.63) is 94.7 Å². The summed E-state index contributed by atoms with van der Waals surface area (Å²) in [6.45, 7) is 0. The SMILES string of the molecule is Brc1ccc(-n2c(/C=C/c3ccccc3)nc3ccccc32)cc1. The van der Waals surface area contributed by atoms with Crippen LogP contribution in [0.5, 0.6) is 0 Å². The molecule has 0 radical (unpaired) electrons. The Morgan fingerprint density at radius 2 is 1.46 bits per heavy atom. The third-order valence-corrected chi connectivity index (χ3v) is 4.42. The predicted molar refractivity (Wildman–Crippen MR) is 104 cm³/mol. The molecule has 116 valence electrons. The molecule has 24 heavy (non-hydrogen) atoms. The molecule has 1 aromatic heterocycles. The maximum atomic E-state index is 4.79. The summed E-state index contributed by atoms with van der Waals surface area (Å²) in [6, 6.07) is 26.8. The van der Waals surface area contributed by atoms with E-state index in [0.29, 0.717) is 0 Å². The molecule has 0 saturated carbocycles. The lowest BCUT2D eigenvalue weighted by Gasteiger charge is -2.07. The molecule has 3 aromatic carbocycles. The van der Waals surface area contributed by atoms with E-state index in [1.807, 2.05) is 36.4 Å². The molecule has 0 aliphatic heterocycles. The Morgan fingerprint density at radius 1 is 0.750 bits per heavy atom. The molecule has 0 atom stereocenters. The predicted octanol–water partition coefficient (Wildman–Crippen LogP) is 5.96. The van der Waals surface area contributed by atoms with Gasteiger partial charge in [-0.05, 0) is 48.0 Å². The molecule has 0 saturated heterocycles. The van der Waals surface area contributed by atoms with Gasteiger partial charge in [-0.1, -0.05) is 64.5 Å². The van der Waals surface area contributed by atoms with Gasteiger partial charge in [-0.15, -0.1) is 0 Å². The van der Waals surface area contributed by atoms with Gasteiger partial charge in [-0.25, -0.2) is 4.98 Å². The summed E-state index contributed by atoms with van der Waals surface area (Å²) in [4.78, 5) is 4.79. The molecule has 0 unspecified atom stereocenters. The fraction of sp³-hybridized carbons (Fsp3) is 0. The number of fused-ring (bicyclic) bond motifs is 1. The van der Waals surface area contributed by atoms with Gasteiger partial charge in [0.05, 0.1) is 11.0 Å². The van der Waals surface area contributed by atoms with Crippen LogP contribution in [-0.2, 0) is 0 Å². The third-order valence-electron chi connectivity index (χ3n) is 3.90. The van der Waals surface area contributed by atoms with Crippen molar-refractivity contribution in [2.75, 3.05) is 0 Å². The zero-order chi connectivity index (χ0) is 16.4. The van der Waals surface area contributed by atoms with E-state index >= 15 is 0 Å². The molecule has 0 bridgehead atoms. The first-order valence-electron chi connectivity index (χ1n) is 7.78. The maximum absolute atomic E-state index is 4.79. The van der Waals surface area contributed by atoms with Crippen molar-refractivity contribution in [3.8, 4) is 5.69 Å². The van der Waals surface area contributed by atoms with Gasteiger partial charge in [0.15, 0.2) is 0 Å². The number of benzene rings is 3. The standard InChI is InChI=1S/C21H15BrN2/c22-17-11-13-18(14-12-17)24-20-9-5-4-8-19(20)23-21(24)15-10-16-6-2-1-3-7-16/h1-15H/b15-10+. The van der Waals surface area contributed by atoms with E-state index in [4.69, 9.17) is 4.98 Å². The lowest BCUT2D eigenvalue weighted by molar-refractivity contribution is 1.07. The van der Waals surface area contributed by atoms with Crippen LogP contribution in [0.1, 0.15) is 11.4 Å². The molecule has 0 fully saturated rings. The normalized spacial score (nSPS) is 11.4. The van der Waals surface area contributed by atoms with Gasteiger partial charge in [0.25, 0.3) is 0 Å². The number of halogens is 1. The molecule has 3 heteroatoms. The maximum Gasteiger partial charge on any atom is 0.138 e. The second kappa shape index (κ2) is 6.46. The third kappa shape index (κ3) is 2.91. The average Bonchev–Trinajstić information content (AvgIpc) is 3.00. The van der Waals surface area contributed by atoms with Gasteiger partial charge in [-0.2, -0.15) is 0 Å². The van der Waals surface area contributed by atoms with E-state index in [9.17, 15) is 0 Å². The van der Waals surface area contributed by atoms with Crippen molar-refractivity contribution < 1.29 is 0 Å². The lowest BCUT2D eigenvalue weighted by Crippen LogP contribution is -1.96. The second-order valence-corrected chi connectivity index (χ2v) is 6.43. The zero-order valence-corrected chi connectivity index (χ0v) is 14.5. The summed E-state index contributed by atoms with van der Waals surface area (Å²) in [5.74, 6) is 0.919. The highest BCUT2D eigenvalue weighted by Crippen LogP contribution is 2.24. The number of hydrogen-bond donors (Lipinski definition) is 0. The van der Waals surface area contributed by atoms with E-state index in [0.717, 1.165) is 32.6 Å². The first-order valence-corrected chi connectivity index (χ1v) is 8.57. The number of imidazole rings is 1. The minimum absolute atomic E-state index is 0.919. The first-order chi connectivity index (χ1) is 11.8. The highest BCUT2D eigenvalue weighted by atomic mass is 79.9. The summed E-state index contributed by atoms with van der Waals surface area (Å²) >= 11 is 3.50. The number of aromatic nitrogens is 2. The number of rotatable bonds is 3. The molecule has 2 nitrogen and oxygen atoms in total. The van der Waals surface area contributed by atoms with Crippen LogP contribution >= 0.6 is 15.9 Å². The molecule has 0 amide bonds. The van der Waals surface area contributed by atoms with E-state index in [-0.39, 0.29) is 0 Å². The van der Waals surface area contributed by atoms with Crippen LogP contribution in [0.25, 0.3) is 28.9 Å². The number of hydrogen-bond acceptors (Lipinski definition) is 1. The van der Waals surface area contributed by atoms with Gasteiger partial charge < -0.3 is 0 Å². The Balaban J connectivity index is 1.87. The van der Waals surface area contributed by atoms with Crippen molar-refractivity contribution in [1.29, 1.82) is 0 Å². The van der Waals surface area contributed by atoms with Crippen LogP contribution in [0.3, 0.4) is 0 Å². The Bertz CT molecular complexity index is 999. The first kappa shape index (κ1) is 14.9. The number of nitrogens with zero attached hydrogens (tertiary/aromatic N) is 2. The topological polar surface area (TPSA) is 17.8 Å². The monoisotopic (exact) mass is 374 g/mol. The van der Waals surface area contributed by atoms with E-state index in [2.05, 4.69) is 75.1 Å². The molecule has 0 aliphatic rings. The number of para-hydroxylation sites is 2. The van der Waals surface area contributed by atoms with Crippen LogP contribution in [0.15, 0.2) is 83.3 Å². The fourth-order valence-electron chi connectivity index (χ4n) is 2.75. The summed E-state index contributed by atoms with van der Waals surface area (Å²) in [6.07, 6.45) is 4.16. The van der Waals surface area contributed by atoms with Crippen molar-refractivity contribution in [1.82, 2.24) is 9.55 Å². The quantitative estimate of drug-likeness (QED) is 0.432. The average molecular weight is 375 g/mol. The molecule has 0 aliphatic carbocycles. The van der Waals surface area contributed by atoms with Gasteiger partial charge in [0.1, 0.15) is 5.82 Å². The van der Waals surface area contributed by atoms with Crippen molar-refractivity contribution in [2.45, 2.75) is 0 Å². The fourth-order valence-corrected chi connectivity index (χ4v) is 3.02. The summed E-state index contributed by atoms with van der Waals surface area (Å²) < 4.78 is 3.25. The Hall–Kier alpha value is -2.65. The molecule has 0 spiro atoms. The van der Waals surface area contributed by atoms with Crippen LogP contribution in [0.4, 0.5) is 0 Å². The Kier molecular flexibility index (Phi) is 4.01.